The molecule has 0 bridgehead atoms. The number of pyridine rings is 1. The van der Waals surface area contributed by atoms with Gasteiger partial charge in [-0.15, -0.1) is 11.8 Å². The van der Waals surface area contributed by atoms with Crippen molar-refractivity contribution >= 4 is 57.2 Å². The van der Waals surface area contributed by atoms with E-state index in [0.717, 1.165) is 5.82 Å². The number of rotatable bonds is 10. The van der Waals surface area contributed by atoms with Gasteiger partial charge in [0.05, 0.1) is 17.8 Å². The Bertz CT molecular complexity index is 1750. The maximum absolute atomic E-state index is 14.1. The fraction of sp³-hybridized carbons (Fsp3) is 0.452. The van der Waals surface area contributed by atoms with Gasteiger partial charge in [-0.2, -0.15) is 13.5 Å². The summed E-state index contributed by atoms with van der Waals surface area (Å²) in [5.74, 6) is -0.268. The Morgan fingerprint density at radius 2 is 1.92 bits per heavy atom. The molecule has 0 aliphatic carbocycles. The van der Waals surface area contributed by atoms with Gasteiger partial charge >= 0.3 is 12.1 Å². The molecule has 2 atom stereocenters. The second-order valence-corrected chi connectivity index (χ2v) is 15.3. The number of aromatic nitrogens is 3. The number of halogens is 1. The first kappa shape index (κ1) is 35.4. The SMILES string of the molecule is CCOC(=O)[C@H](Cc1ccc(OC(=O)N2CCN(c3ccccn3)CC2)c(Cl)c1)N(C(=O)[C@H]1NC(C)(C)CS1)S(=O)(=O)c1[nH]ncc1C. The van der Waals surface area contributed by atoms with Crippen molar-refractivity contribution in [2.75, 3.05) is 43.4 Å². The van der Waals surface area contributed by atoms with Crippen LogP contribution in [0.2, 0.25) is 5.02 Å². The largest absolute Gasteiger partial charge is 0.464 e. The zero-order valence-corrected chi connectivity index (χ0v) is 29.4. The molecular formula is C31H38ClN7O7S2. The van der Waals surface area contributed by atoms with Crippen LogP contribution >= 0.6 is 23.4 Å². The number of piperazine rings is 1. The van der Waals surface area contributed by atoms with Crippen molar-refractivity contribution < 1.29 is 32.3 Å². The smallest absolute Gasteiger partial charge is 0.415 e. The van der Waals surface area contributed by atoms with Gasteiger partial charge < -0.3 is 19.3 Å². The van der Waals surface area contributed by atoms with Crippen molar-refractivity contribution in [1.82, 2.24) is 29.7 Å². The normalized spacial score (nSPS) is 18.3. The average molecular weight is 720 g/mol. The highest BCUT2D eigenvalue weighted by Crippen LogP contribution is 2.33. The third-order valence-corrected chi connectivity index (χ3v) is 11.6. The highest BCUT2D eigenvalue weighted by molar-refractivity contribution is 8.01. The molecule has 258 valence electrons. The van der Waals surface area contributed by atoms with Crippen LogP contribution in [0, 0.1) is 6.92 Å². The summed E-state index contributed by atoms with van der Waals surface area (Å²) in [5, 5.41) is 8.25. The molecule has 4 heterocycles. The molecule has 2 saturated heterocycles. The molecule has 5 rings (SSSR count). The summed E-state index contributed by atoms with van der Waals surface area (Å²) in [7, 11) is -4.62. The number of benzene rings is 1. The first-order valence-corrected chi connectivity index (χ1v) is 18.2. The lowest BCUT2D eigenvalue weighted by Gasteiger charge is -2.34. The third-order valence-electron chi connectivity index (χ3n) is 7.85. The van der Waals surface area contributed by atoms with E-state index in [-0.39, 0.29) is 34.4 Å². The topological polar surface area (TPSA) is 167 Å². The molecule has 0 saturated carbocycles. The molecule has 0 unspecified atom stereocenters. The van der Waals surface area contributed by atoms with Crippen molar-refractivity contribution in [3.8, 4) is 5.75 Å². The molecular weight excluding hydrogens is 682 g/mol. The zero-order valence-electron chi connectivity index (χ0n) is 27.0. The van der Waals surface area contributed by atoms with Crippen LogP contribution in [0.25, 0.3) is 0 Å². The van der Waals surface area contributed by atoms with Crippen molar-refractivity contribution in [2.45, 2.75) is 56.1 Å². The number of aromatic amines is 1. The van der Waals surface area contributed by atoms with E-state index in [0.29, 0.717) is 41.8 Å². The predicted octanol–water partition coefficient (Wildman–Crippen LogP) is 3.22. The Kier molecular flexibility index (Phi) is 10.9. The minimum absolute atomic E-state index is 0.0459. The number of hydrogen-bond donors (Lipinski definition) is 2. The van der Waals surface area contributed by atoms with Gasteiger partial charge in [0.25, 0.3) is 15.9 Å². The van der Waals surface area contributed by atoms with Crippen molar-refractivity contribution in [1.29, 1.82) is 0 Å². The van der Waals surface area contributed by atoms with Gasteiger partial charge in [-0.1, -0.05) is 23.7 Å². The van der Waals surface area contributed by atoms with Gasteiger partial charge in [-0.05, 0) is 57.5 Å². The molecule has 14 nitrogen and oxygen atoms in total. The Morgan fingerprint density at radius 1 is 1.17 bits per heavy atom. The molecule has 0 radical (unpaired) electrons. The number of amides is 2. The molecule has 2 fully saturated rings. The van der Waals surface area contributed by atoms with Crippen molar-refractivity contribution in [3.63, 3.8) is 0 Å². The van der Waals surface area contributed by atoms with Crippen LogP contribution in [0.4, 0.5) is 10.6 Å². The van der Waals surface area contributed by atoms with Gasteiger partial charge in [0, 0.05) is 55.7 Å². The standard InChI is InChI=1S/C31H38ClN7O7S2/c1-5-45-29(41)23(39(28(40)26-35-31(3,4)19-47-26)48(43,44)27-20(2)18-34-36-27)17-21-9-10-24(22(32)16-21)46-30(42)38-14-12-37(13-15-38)25-8-6-7-11-33-25/h6-11,16,18,23,26,35H,5,12-15,17,19H2,1-4H3,(H,34,36)/t23-,26-/m0/s1. The molecule has 2 aliphatic rings. The maximum Gasteiger partial charge on any atom is 0.415 e. The number of H-pyrrole nitrogens is 1. The molecule has 2 aromatic heterocycles. The van der Waals surface area contributed by atoms with Crippen LogP contribution in [0.1, 0.15) is 31.9 Å². The summed E-state index contributed by atoms with van der Waals surface area (Å²) in [6.07, 6.45) is 2.21. The molecule has 0 spiro atoms. The van der Waals surface area contributed by atoms with Crippen LogP contribution in [0.3, 0.4) is 0 Å². The van der Waals surface area contributed by atoms with Crippen LogP contribution in [-0.2, 0) is 30.8 Å². The van der Waals surface area contributed by atoms with Crippen molar-refractivity contribution in [2.24, 2.45) is 0 Å². The molecule has 2 aliphatic heterocycles. The lowest BCUT2D eigenvalue weighted by Crippen LogP contribution is -2.56. The van der Waals surface area contributed by atoms with E-state index in [2.05, 4.69) is 25.4 Å². The van der Waals surface area contributed by atoms with Crippen LogP contribution in [0.15, 0.2) is 53.8 Å². The number of carbonyl (C=O) groups excluding carboxylic acids is 3. The summed E-state index contributed by atoms with van der Waals surface area (Å²) in [4.78, 5) is 48.5. The molecule has 1 aromatic carbocycles. The number of anilines is 1. The highest BCUT2D eigenvalue weighted by Gasteiger charge is 2.47. The molecule has 2 N–H and O–H groups in total. The number of sulfonamides is 1. The number of esters is 1. The van der Waals surface area contributed by atoms with Crippen molar-refractivity contribution in [3.05, 3.63) is 64.9 Å². The van der Waals surface area contributed by atoms with Gasteiger partial charge in [0.2, 0.25) is 0 Å². The van der Waals surface area contributed by atoms with E-state index >= 15 is 0 Å². The van der Waals surface area contributed by atoms with Crippen LogP contribution in [-0.4, -0.2) is 106 Å². The van der Waals surface area contributed by atoms with Crippen LogP contribution in [0.5, 0.6) is 5.75 Å². The first-order valence-electron chi connectivity index (χ1n) is 15.4. The minimum atomic E-state index is -4.62. The average Bonchev–Trinajstić information content (AvgIpc) is 3.67. The second kappa shape index (κ2) is 14.7. The second-order valence-electron chi connectivity index (χ2n) is 12.0. The zero-order chi connectivity index (χ0) is 34.6. The number of nitrogens with zero attached hydrogens (tertiary/aromatic N) is 5. The molecule has 17 heteroatoms. The van der Waals surface area contributed by atoms with E-state index in [1.165, 1.54) is 37.0 Å². The Balaban J connectivity index is 1.36. The Morgan fingerprint density at radius 3 is 2.50 bits per heavy atom. The van der Waals surface area contributed by atoms with E-state index < -0.39 is 44.9 Å². The fourth-order valence-electron chi connectivity index (χ4n) is 5.41. The lowest BCUT2D eigenvalue weighted by molar-refractivity contribution is -0.151. The first-order chi connectivity index (χ1) is 22.8. The van der Waals surface area contributed by atoms with Gasteiger partial charge in [0.1, 0.15) is 17.2 Å². The summed E-state index contributed by atoms with van der Waals surface area (Å²) in [6, 6.07) is 8.58. The molecule has 2 amide bonds. The highest BCUT2D eigenvalue weighted by atomic mass is 35.5. The van der Waals surface area contributed by atoms with Gasteiger partial charge in [-0.25, -0.2) is 18.9 Å². The van der Waals surface area contributed by atoms with E-state index in [1.807, 2.05) is 32.0 Å². The fourth-order valence-corrected chi connectivity index (χ4v) is 8.70. The summed E-state index contributed by atoms with van der Waals surface area (Å²) >= 11 is 7.80. The number of thioether (sulfide) groups is 1. The van der Waals surface area contributed by atoms with E-state index in [9.17, 15) is 22.8 Å². The predicted molar refractivity (Wildman–Crippen MR) is 180 cm³/mol. The number of carbonyl (C=O) groups is 3. The van der Waals surface area contributed by atoms with Gasteiger partial charge in [0.15, 0.2) is 10.8 Å². The molecule has 48 heavy (non-hydrogen) atoms. The maximum atomic E-state index is 14.1. The van der Waals surface area contributed by atoms with Crippen LogP contribution < -0.4 is 15.0 Å². The Labute approximate surface area is 288 Å². The number of aryl methyl sites for hydroxylation is 1. The monoisotopic (exact) mass is 719 g/mol. The summed E-state index contributed by atoms with van der Waals surface area (Å²) in [6.45, 7) is 8.87. The number of nitrogens with one attached hydrogen (secondary N) is 2. The quantitative estimate of drug-likeness (QED) is 0.294. The number of hydrogen-bond acceptors (Lipinski definition) is 12. The van der Waals surface area contributed by atoms with Gasteiger partial charge in [-0.3, -0.25) is 15.2 Å². The minimum Gasteiger partial charge on any atom is -0.464 e. The van der Waals surface area contributed by atoms with E-state index in [4.69, 9.17) is 21.1 Å². The summed E-state index contributed by atoms with van der Waals surface area (Å²) in [5.41, 5.74) is 0.232. The third kappa shape index (κ3) is 7.88. The lowest BCUT2D eigenvalue weighted by atomic mass is 10.1. The Hall–Kier alpha value is -3.86. The number of ether oxygens (including phenoxy) is 2. The molecule has 3 aromatic rings. The summed E-state index contributed by atoms with van der Waals surface area (Å²) < 4.78 is 39.7. The van der Waals surface area contributed by atoms with E-state index in [1.54, 1.807) is 24.1 Å².